The lowest BCUT2D eigenvalue weighted by Gasteiger charge is -2.01. The third kappa shape index (κ3) is 2.68. The zero-order valence-electron chi connectivity index (χ0n) is 5.17. The summed E-state index contributed by atoms with van der Waals surface area (Å²) in [5, 5.41) is 0. The van der Waals surface area contributed by atoms with Crippen molar-refractivity contribution in [2.75, 3.05) is 0 Å². The third-order valence-corrected chi connectivity index (χ3v) is 2.57. The highest BCUT2D eigenvalue weighted by Gasteiger charge is 2.13. The molecule has 0 aromatic heterocycles. The van der Waals surface area contributed by atoms with Gasteiger partial charge in [-0.1, -0.05) is 6.58 Å². The Bertz CT molecular complexity index is 276. The molecule has 0 radical (unpaired) electrons. The summed E-state index contributed by atoms with van der Waals surface area (Å²) in [4.78, 5) is 10.4. The van der Waals surface area contributed by atoms with Crippen LogP contribution in [0.2, 0.25) is 0 Å². The molecule has 0 saturated heterocycles. The van der Waals surface area contributed by atoms with Gasteiger partial charge < -0.3 is 0 Å². The Morgan fingerprint density at radius 3 is 1.64 bits per heavy atom. The van der Waals surface area contributed by atoms with Gasteiger partial charge in [0.2, 0.25) is 21.8 Å². The highest BCUT2D eigenvalue weighted by molar-refractivity contribution is 7.86. The lowest BCUT2D eigenvalue weighted by Crippen LogP contribution is -2.25. The summed E-state index contributed by atoms with van der Waals surface area (Å²) in [6.45, 7) is 2.92. The van der Waals surface area contributed by atoms with E-state index in [0.29, 0.717) is 6.08 Å². The van der Waals surface area contributed by atoms with Crippen LogP contribution in [0.5, 0.6) is 0 Å². The van der Waals surface area contributed by atoms with Gasteiger partial charge in [0, 0.05) is 0 Å². The van der Waals surface area contributed by atoms with Crippen LogP contribution >= 0.6 is 0 Å². The number of carbonyl (C=O) groups is 1. The summed E-state index contributed by atoms with van der Waals surface area (Å²) in [6, 6.07) is 0. The van der Waals surface area contributed by atoms with Crippen molar-refractivity contribution in [3.05, 3.63) is 12.7 Å². The van der Waals surface area contributed by atoms with Crippen LogP contribution in [0.25, 0.3) is 0 Å². The molecule has 64 valence electrons. The van der Waals surface area contributed by atoms with Crippen LogP contribution in [-0.2, 0) is 26.6 Å². The second kappa shape index (κ2) is 4.09. The summed E-state index contributed by atoms with van der Waals surface area (Å²) in [6.07, 6.45) is 0.594. The van der Waals surface area contributed by atoms with Gasteiger partial charge in [0.25, 0.3) is 5.91 Å². The molecule has 0 aromatic carbocycles. The topological polar surface area (TPSA) is 88.6 Å². The first-order valence-electron chi connectivity index (χ1n) is 2.25. The Hall–Kier alpha value is -0.890. The fourth-order valence-electron chi connectivity index (χ4n) is 0.302. The summed E-state index contributed by atoms with van der Waals surface area (Å²) >= 11 is 0. The van der Waals surface area contributed by atoms with E-state index in [9.17, 15) is 21.6 Å². The predicted molar refractivity (Wildman–Crippen MR) is 37.7 cm³/mol. The number of nitrogens with zero attached hydrogens (tertiary/aromatic N) is 1. The number of hydrogen-bond acceptors (Lipinski definition) is 5. The lowest BCUT2D eigenvalue weighted by atomic mass is 10.6. The van der Waals surface area contributed by atoms with E-state index < -0.39 is 27.7 Å². The minimum atomic E-state index is -3.43. The predicted octanol–water partition coefficient (Wildman–Crippen LogP) is -1.95. The summed E-state index contributed by atoms with van der Waals surface area (Å²) in [5.41, 5.74) is 0. The molecule has 0 spiro atoms. The number of thiol groups is 2. The first-order chi connectivity index (χ1) is 5.00. The fraction of sp³-hybridized carbons (Fsp3) is 0. The molecule has 8 heteroatoms. The summed E-state index contributed by atoms with van der Waals surface area (Å²) in [5.74, 6) is -1.18. The van der Waals surface area contributed by atoms with Gasteiger partial charge in [-0.3, -0.25) is 4.79 Å². The molecule has 0 N–H and O–H groups in total. The van der Waals surface area contributed by atoms with Crippen molar-refractivity contribution in [3.63, 3.8) is 0 Å². The van der Waals surface area contributed by atoms with Crippen molar-refractivity contribution in [1.82, 2.24) is 3.71 Å². The lowest BCUT2D eigenvalue weighted by molar-refractivity contribution is -0.118. The van der Waals surface area contributed by atoms with E-state index in [-0.39, 0.29) is 3.71 Å². The van der Waals surface area contributed by atoms with Crippen molar-refractivity contribution >= 4 is 27.7 Å². The second-order valence-corrected chi connectivity index (χ2v) is 3.37. The highest BCUT2D eigenvalue weighted by Crippen LogP contribution is 1.89. The van der Waals surface area contributed by atoms with E-state index in [4.69, 9.17) is 0 Å². The van der Waals surface area contributed by atoms with Crippen LogP contribution in [0.15, 0.2) is 12.7 Å². The molecule has 0 rings (SSSR count). The SMILES string of the molecule is C=CC(=O)N([SH](=O)=O)[SH](=O)=O. The van der Waals surface area contributed by atoms with Gasteiger partial charge in [0.1, 0.15) is 0 Å². The molecule has 1 amide bonds. The largest absolute Gasteiger partial charge is 0.273 e. The molecule has 6 nitrogen and oxygen atoms in total. The van der Waals surface area contributed by atoms with Crippen LogP contribution in [-0.4, -0.2) is 26.5 Å². The molecule has 0 atom stereocenters. The van der Waals surface area contributed by atoms with Gasteiger partial charge in [-0.05, 0) is 6.08 Å². The van der Waals surface area contributed by atoms with Crippen molar-refractivity contribution in [2.45, 2.75) is 0 Å². The molecule has 0 aromatic rings. The van der Waals surface area contributed by atoms with Gasteiger partial charge in [-0.15, -0.1) is 3.71 Å². The van der Waals surface area contributed by atoms with Crippen LogP contribution < -0.4 is 0 Å². The van der Waals surface area contributed by atoms with E-state index in [1.165, 1.54) is 0 Å². The van der Waals surface area contributed by atoms with Crippen LogP contribution in [0.3, 0.4) is 0 Å². The minimum absolute atomic E-state index is 0.294. The number of carbonyl (C=O) groups excluding carboxylic acids is 1. The number of amides is 1. The van der Waals surface area contributed by atoms with Gasteiger partial charge in [-0.25, -0.2) is 16.8 Å². The molecule has 0 fully saturated rings. The Morgan fingerprint density at radius 1 is 1.18 bits per heavy atom. The monoisotopic (exact) mass is 199 g/mol. The first-order valence-corrected chi connectivity index (χ1v) is 4.52. The maximum absolute atomic E-state index is 10.4. The molecule has 0 saturated carbocycles. The molecule has 0 aliphatic carbocycles. The van der Waals surface area contributed by atoms with Crippen molar-refractivity contribution < 1.29 is 21.6 Å². The van der Waals surface area contributed by atoms with Crippen molar-refractivity contribution in [3.8, 4) is 0 Å². The molecule has 0 bridgehead atoms. The summed E-state index contributed by atoms with van der Waals surface area (Å²) in [7, 11) is -6.86. The van der Waals surface area contributed by atoms with Gasteiger partial charge in [-0.2, -0.15) is 0 Å². The highest BCUT2D eigenvalue weighted by atomic mass is 32.2. The standard InChI is InChI=1S/C3H5NO5S2/c1-2-3(5)4(10(6)7)11(8)9/h2,10-11H,1H2. The zero-order valence-corrected chi connectivity index (χ0v) is 6.96. The Labute approximate surface area is 66.3 Å². The van der Waals surface area contributed by atoms with Gasteiger partial charge in [0.15, 0.2) is 0 Å². The van der Waals surface area contributed by atoms with E-state index in [0.717, 1.165) is 0 Å². The van der Waals surface area contributed by atoms with Gasteiger partial charge in [0.05, 0.1) is 0 Å². The minimum Gasteiger partial charge on any atom is -0.268 e. The maximum Gasteiger partial charge on any atom is 0.273 e. The summed E-state index contributed by atoms with van der Waals surface area (Å²) < 4.78 is 39.9. The number of rotatable bonds is 3. The maximum atomic E-state index is 10.4. The van der Waals surface area contributed by atoms with E-state index in [2.05, 4.69) is 6.58 Å². The Morgan fingerprint density at radius 2 is 1.55 bits per heavy atom. The average molecular weight is 199 g/mol. The van der Waals surface area contributed by atoms with E-state index in [1.807, 2.05) is 0 Å². The fourth-order valence-corrected chi connectivity index (χ4v) is 1.26. The zero-order chi connectivity index (χ0) is 9.02. The van der Waals surface area contributed by atoms with Crippen LogP contribution in [0.4, 0.5) is 0 Å². The van der Waals surface area contributed by atoms with Crippen LogP contribution in [0, 0.1) is 0 Å². The van der Waals surface area contributed by atoms with E-state index >= 15 is 0 Å². The van der Waals surface area contributed by atoms with Crippen molar-refractivity contribution in [1.29, 1.82) is 0 Å². The normalized spacial score (nSPS) is 10.0. The Balaban J connectivity index is 4.91. The molecule has 11 heavy (non-hydrogen) atoms. The number of hydrogen-bond donors (Lipinski definition) is 2. The van der Waals surface area contributed by atoms with Crippen molar-refractivity contribution in [2.24, 2.45) is 0 Å². The van der Waals surface area contributed by atoms with Crippen LogP contribution in [0.1, 0.15) is 0 Å². The molecule has 0 aliphatic rings. The second-order valence-electron chi connectivity index (χ2n) is 1.31. The molecule has 0 unspecified atom stereocenters. The smallest absolute Gasteiger partial charge is 0.268 e. The van der Waals surface area contributed by atoms with E-state index in [1.54, 1.807) is 0 Å². The average Bonchev–Trinajstić information content (AvgIpc) is 1.85. The quantitative estimate of drug-likeness (QED) is 0.407. The van der Waals surface area contributed by atoms with Gasteiger partial charge >= 0.3 is 0 Å². The Kier molecular flexibility index (Phi) is 3.76. The third-order valence-electron chi connectivity index (χ3n) is 0.681. The molecule has 0 aliphatic heterocycles. The first kappa shape index (κ1) is 10.1. The molecular formula is C3H5NO5S2. The molecular weight excluding hydrogens is 194 g/mol. The molecule has 0 heterocycles.